The topological polar surface area (TPSA) is 51.2 Å². The Morgan fingerprint density at radius 2 is 1.74 bits per heavy atom. The Labute approximate surface area is 256 Å². The summed E-state index contributed by atoms with van der Waals surface area (Å²) in [5, 5.41) is 0. The molecule has 3 aliphatic heterocycles. The number of terminal acetylenes is 1. The van der Waals surface area contributed by atoms with Crippen molar-refractivity contribution in [3.63, 3.8) is 0 Å². The molecule has 0 atom stereocenters. The number of nitrogens with zero attached hydrogens (tertiary/aromatic N) is 2. The zero-order chi connectivity index (χ0) is 30.2. The Morgan fingerprint density at radius 3 is 2.49 bits per heavy atom. The Morgan fingerprint density at radius 1 is 1.00 bits per heavy atom. The standard InChI is InChI=1S/C36H45FN2O4/c1-4-17-39-19-16-31-30(26-39)35-32(42-34(40)11-8-18-38-20-22-41-23-21-38)24-28(25-33(35)43-36(31,2)3)10-7-5-6-9-27-12-14-29(37)15-13-27/h1,12-15,24-25H,5-11,16-23,26H2,2-3H3. The second-order valence-electron chi connectivity index (χ2n) is 12.4. The molecule has 0 N–H and O–H groups in total. The van der Waals surface area contributed by atoms with Crippen LogP contribution in [0.25, 0.3) is 5.57 Å². The van der Waals surface area contributed by atoms with E-state index in [1.165, 1.54) is 23.3 Å². The van der Waals surface area contributed by atoms with Gasteiger partial charge in [-0.15, -0.1) is 6.42 Å². The first kappa shape index (κ1) is 31.3. The highest BCUT2D eigenvalue weighted by Gasteiger charge is 2.39. The fourth-order valence-electron chi connectivity index (χ4n) is 6.49. The average Bonchev–Trinajstić information content (AvgIpc) is 2.98. The molecule has 0 radical (unpaired) electrons. The number of ether oxygens (including phenoxy) is 3. The summed E-state index contributed by atoms with van der Waals surface area (Å²) in [5.74, 6) is 3.76. The van der Waals surface area contributed by atoms with Crippen LogP contribution in [0.15, 0.2) is 42.0 Å². The number of hydrogen-bond donors (Lipinski definition) is 0. The molecule has 3 aliphatic rings. The van der Waals surface area contributed by atoms with E-state index in [0.29, 0.717) is 25.3 Å². The number of halogens is 1. The zero-order valence-electron chi connectivity index (χ0n) is 25.8. The van der Waals surface area contributed by atoms with Gasteiger partial charge in [-0.1, -0.05) is 24.5 Å². The third-order valence-electron chi connectivity index (χ3n) is 8.79. The highest BCUT2D eigenvalue weighted by atomic mass is 19.1. The summed E-state index contributed by atoms with van der Waals surface area (Å²) in [5.41, 5.74) is 5.15. The molecular formula is C36H45FN2O4. The van der Waals surface area contributed by atoms with Crippen LogP contribution in [0.1, 0.15) is 69.1 Å². The molecular weight excluding hydrogens is 543 g/mol. The lowest BCUT2D eigenvalue weighted by Gasteiger charge is -2.42. The SMILES string of the molecule is C#CCN1CCC2=C(C1)c1c(OC(=O)CCCN3CCOCC3)cc(CCCCCc3ccc(F)cc3)cc1OC2(C)C. The smallest absolute Gasteiger partial charge is 0.311 e. The molecule has 0 unspecified atom stereocenters. The van der Waals surface area contributed by atoms with Crippen LogP contribution in [0.2, 0.25) is 0 Å². The first-order chi connectivity index (χ1) is 20.8. The van der Waals surface area contributed by atoms with Crippen LogP contribution in [0.3, 0.4) is 0 Å². The van der Waals surface area contributed by atoms with Crippen molar-refractivity contribution in [2.75, 3.05) is 52.5 Å². The molecule has 3 heterocycles. The minimum absolute atomic E-state index is 0.199. The number of unbranched alkanes of at least 4 members (excludes halogenated alkanes) is 2. The van der Waals surface area contributed by atoms with Crippen molar-refractivity contribution in [3.8, 4) is 23.8 Å². The molecule has 0 aliphatic carbocycles. The maximum Gasteiger partial charge on any atom is 0.311 e. The Kier molecular flexibility index (Phi) is 10.6. The van der Waals surface area contributed by atoms with Crippen LogP contribution in [0, 0.1) is 18.2 Å². The zero-order valence-corrected chi connectivity index (χ0v) is 25.8. The van der Waals surface area contributed by atoms with Gasteiger partial charge in [-0.25, -0.2) is 4.39 Å². The predicted molar refractivity (Wildman–Crippen MR) is 168 cm³/mol. The van der Waals surface area contributed by atoms with Gasteiger partial charge in [-0.2, -0.15) is 0 Å². The minimum Gasteiger partial charge on any atom is -0.483 e. The van der Waals surface area contributed by atoms with Crippen molar-refractivity contribution in [1.82, 2.24) is 9.80 Å². The number of aryl methyl sites for hydroxylation is 2. The van der Waals surface area contributed by atoms with Crippen molar-refractivity contribution in [3.05, 3.63) is 64.5 Å². The van der Waals surface area contributed by atoms with Gasteiger partial charge in [-0.3, -0.25) is 14.6 Å². The average molecular weight is 589 g/mol. The molecule has 43 heavy (non-hydrogen) atoms. The van der Waals surface area contributed by atoms with E-state index in [1.54, 1.807) is 0 Å². The quantitative estimate of drug-likeness (QED) is 0.130. The van der Waals surface area contributed by atoms with Gasteiger partial charge in [-0.05, 0) is 105 Å². The number of carbonyl (C=O) groups is 1. The number of fused-ring (bicyclic) bond motifs is 2. The molecule has 5 rings (SSSR count). The molecule has 2 aromatic rings. The molecule has 230 valence electrons. The highest BCUT2D eigenvalue weighted by molar-refractivity contribution is 5.84. The van der Waals surface area contributed by atoms with Crippen molar-refractivity contribution in [1.29, 1.82) is 0 Å². The summed E-state index contributed by atoms with van der Waals surface area (Å²) in [6.07, 6.45) is 12.5. The first-order valence-corrected chi connectivity index (χ1v) is 15.8. The lowest BCUT2D eigenvalue weighted by atomic mass is 9.81. The predicted octanol–water partition coefficient (Wildman–Crippen LogP) is 6.06. The maximum atomic E-state index is 13.2. The summed E-state index contributed by atoms with van der Waals surface area (Å²) in [7, 11) is 0. The molecule has 0 saturated carbocycles. The summed E-state index contributed by atoms with van der Waals surface area (Å²) >= 11 is 0. The molecule has 0 aromatic heterocycles. The van der Waals surface area contributed by atoms with Gasteiger partial charge in [0.15, 0.2) is 0 Å². The van der Waals surface area contributed by atoms with Crippen LogP contribution in [-0.2, 0) is 22.4 Å². The minimum atomic E-state index is -0.447. The first-order valence-electron chi connectivity index (χ1n) is 15.8. The third-order valence-corrected chi connectivity index (χ3v) is 8.79. The fraction of sp³-hybridized carbons (Fsp3) is 0.528. The molecule has 0 amide bonds. The van der Waals surface area contributed by atoms with Crippen molar-refractivity contribution in [2.45, 2.75) is 70.8 Å². The van der Waals surface area contributed by atoms with E-state index < -0.39 is 5.60 Å². The summed E-state index contributed by atoms with van der Waals surface area (Å²) in [4.78, 5) is 17.8. The molecule has 6 nitrogen and oxygen atoms in total. The molecule has 1 saturated heterocycles. The molecule has 7 heteroatoms. The van der Waals surface area contributed by atoms with Gasteiger partial charge < -0.3 is 14.2 Å². The van der Waals surface area contributed by atoms with Crippen LogP contribution >= 0.6 is 0 Å². The number of esters is 1. The van der Waals surface area contributed by atoms with E-state index in [9.17, 15) is 9.18 Å². The van der Waals surface area contributed by atoms with Crippen LogP contribution in [0.4, 0.5) is 4.39 Å². The number of rotatable bonds is 12. The van der Waals surface area contributed by atoms with Gasteiger partial charge in [0.1, 0.15) is 22.9 Å². The monoisotopic (exact) mass is 588 g/mol. The van der Waals surface area contributed by atoms with E-state index in [0.717, 1.165) is 107 Å². The number of morpholine rings is 1. The van der Waals surface area contributed by atoms with Gasteiger partial charge in [0, 0.05) is 32.6 Å². The highest BCUT2D eigenvalue weighted by Crippen LogP contribution is 2.48. The lowest BCUT2D eigenvalue weighted by Crippen LogP contribution is -2.42. The Balaban J connectivity index is 1.31. The summed E-state index contributed by atoms with van der Waals surface area (Å²) in [6, 6.07) is 10.9. The van der Waals surface area contributed by atoms with Crippen molar-refractivity contribution >= 4 is 11.5 Å². The number of carbonyl (C=O) groups excluding carboxylic acids is 1. The normalized spacial score (nSPS) is 18.4. The maximum absolute atomic E-state index is 13.2. The largest absolute Gasteiger partial charge is 0.483 e. The van der Waals surface area contributed by atoms with E-state index in [4.69, 9.17) is 20.6 Å². The van der Waals surface area contributed by atoms with E-state index >= 15 is 0 Å². The third kappa shape index (κ3) is 8.26. The van der Waals surface area contributed by atoms with Gasteiger partial charge in [0.25, 0.3) is 0 Å². The number of benzene rings is 2. The van der Waals surface area contributed by atoms with Crippen LogP contribution in [-0.4, -0.2) is 73.9 Å². The molecule has 2 aromatic carbocycles. The summed E-state index contributed by atoms with van der Waals surface area (Å²) in [6.45, 7) is 10.6. The van der Waals surface area contributed by atoms with Gasteiger partial charge in [0.2, 0.25) is 0 Å². The van der Waals surface area contributed by atoms with E-state index in [2.05, 4.69) is 35.6 Å². The van der Waals surface area contributed by atoms with E-state index in [1.807, 2.05) is 18.2 Å². The lowest BCUT2D eigenvalue weighted by molar-refractivity contribution is -0.134. The van der Waals surface area contributed by atoms with Crippen molar-refractivity contribution < 1.29 is 23.4 Å². The second kappa shape index (κ2) is 14.5. The Bertz CT molecular complexity index is 1340. The fourth-order valence-corrected chi connectivity index (χ4v) is 6.49. The Hall–Kier alpha value is -3.18. The van der Waals surface area contributed by atoms with Crippen LogP contribution in [0.5, 0.6) is 11.5 Å². The number of hydrogen-bond acceptors (Lipinski definition) is 6. The van der Waals surface area contributed by atoms with Crippen molar-refractivity contribution in [2.24, 2.45) is 0 Å². The van der Waals surface area contributed by atoms with E-state index in [-0.39, 0.29) is 11.8 Å². The molecule has 0 spiro atoms. The summed E-state index contributed by atoms with van der Waals surface area (Å²) < 4.78 is 31.5. The molecule has 1 fully saturated rings. The van der Waals surface area contributed by atoms with Gasteiger partial charge >= 0.3 is 5.97 Å². The molecule has 0 bridgehead atoms. The second-order valence-corrected chi connectivity index (χ2v) is 12.4. The van der Waals surface area contributed by atoms with Crippen LogP contribution < -0.4 is 9.47 Å². The van der Waals surface area contributed by atoms with Gasteiger partial charge in [0.05, 0.1) is 25.3 Å².